The Morgan fingerprint density at radius 3 is 2.80 bits per heavy atom. The monoisotopic (exact) mass is 282 g/mol. The van der Waals surface area contributed by atoms with E-state index in [2.05, 4.69) is 12.2 Å². The van der Waals surface area contributed by atoms with E-state index in [1.54, 1.807) is 6.07 Å². The van der Waals surface area contributed by atoms with Crippen LogP contribution in [0.1, 0.15) is 31.7 Å². The Morgan fingerprint density at radius 1 is 1.50 bits per heavy atom. The van der Waals surface area contributed by atoms with Crippen molar-refractivity contribution < 1.29 is 13.9 Å². The summed E-state index contributed by atoms with van der Waals surface area (Å²) < 4.78 is 18.4. The Hall–Kier alpha value is -1.62. The summed E-state index contributed by atoms with van der Waals surface area (Å²) in [7, 11) is 1.41. The van der Waals surface area contributed by atoms with E-state index in [1.807, 2.05) is 0 Å². The zero-order chi connectivity index (χ0) is 15.0. The molecule has 0 heterocycles. The Labute approximate surface area is 119 Å². The highest BCUT2D eigenvalue weighted by molar-refractivity contribution is 5.78. The second kappa shape index (κ2) is 8.53. The summed E-state index contributed by atoms with van der Waals surface area (Å²) in [5.74, 6) is -0.419. The standard InChI is InChI=1S/C15H23FN2O2/c1-3-4-5-12(10-17)18-15(19)9-11-6-7-14(20-2)13(16)8-11/h6-8,12H,3-5,9-10,17H2,1-2H3,(H,18,19). The molecule has 0 aromatic heterocycles. The molecule has 1 aromatic rings. The molecule has 1 rings (SSSR count). The molecule has 1 aromatic carbocycles. The lowest BCUT2D eigenvalue weighted by Crippen LogP contribution is -2.40. The van der Waals surface area contributed by atoms with Crippen molar-refractivity contribution in [2.75, 3.05) is 13.7 Å². The molecular weight excluding hydrogens is 259 g/mol. The third-order valence-corrected chi connectivity index (χ3v) is 3.14. The van der Waals surface area contributed by atoms with E-state index in [4.69, 9.17) is 10.5 Å². The highest BCUT2D eigenvalue weighted by atomic mass is 19.1. The van der Waals surface area contributed by atoms with Crippen LogP contribution in [-0.4, -0.2) is 25.6 Å². The summed E-state index contributed by atoms with van der Waals surface area (Å²) in [6, 6.07) is 4.52. The highest BCUT2D eigenvalue weighted by Gasteiger charge is 2.12. The van der Waals surface area contributed by atoms with Gasteiger partial charge in [-0.25, -0.2) is 4.39 Å². The minimum absolute atomic E-state index is 0.00875. The van der Waals surface area contributed by atoms with Crippen LogP contribution in [-0.2, 0) is 11.2 Å². The molecule has 1 unspecified atom stereocenters. The van der Waals surface area contributed by atoms with Gasteiger partial charge < -0.3 is 15.8 Å². The SMILES string of the molecule is CCCCC(CN)NC(=O)Cc1ccc(OC)c(F)c1. The number of amides is 1. The van der Waals surface area contributed by atoms with Crippen LogP contribution in [0.3, 0.4) is 0 Å². The predicted molar refractivity (Wildman–Crippen MR) is 77.2 cm³/mol. The van der Waals surface area contributed by atoms with Gasteiger partial charge in [-0.15, -0.1) is 0 Å². The minimum atomic E-state index is -0.459. The van der Waals surface area contributed by atoms with Gasteiger partial charge in [0.25, 0.3) is 0 Å². The summed E-state index contributed by atoms with van der Waals surface area (Å²) in [5, 5.41) is 2.88. The van der Waals surface area contributed by atoms with Crippen molar-refractivity contribution in [3.05, 3.63) is 29.6 Å². The Bertz CT molecular complexity index is 438. The van der Waals surface area contributed by atoms with E-state index in [0.29, 0.717) is 12.1 Å². The number of methoxy groups -OCH3 is 1. The summed E-state index contributed by atoms with van der Waals surface area (Å²) in [6.45, 7) is 2.51. The van der Waals surface area contributed by atoms with Gasteiger partial charge in [0.05, 0.1) is 13.5 Å². The van der Waals surface area contributed by atoms with Crippen LogP contribution in [0.15, 0.2) is 18.2 Å². The molecule has 5 heteroatoms. The lowest BCUT2D eigenvalue weighted by atomic mass is 10.1. The predicted octanol–water partition coefficient (Wildman–Crippen LogP) is 2.01. The Morgan fingerprint density at radius 2 is 2.25 bits per heavy atom. The molecule has 0 saturated carbocycles. The van der Waals surface area contributed by atoms with Crippen molar-refractivity contribution in [3.63, 3.8) is 0 Å². The lowest BCUT2D eigenvalue weighted by molar-refractivity contribution is -0.121. The van der Waals surface area contributed by atoms with Crippen LogP contribution in [0.4, 0.5) is 4.39 Å². The fraction of sp³-hybridized carbons (Fsp3) is 0.533. The molecule has 3 N–H and O–H groups in total. The van der Waals surface area contributed by atoms with E-state index in [0.717, 1.165) is 19.3 Å². The molecule has 0 bridgehead atoms. The molecule has 112 valence electrons. The van der Waals surface area contributed by atoms with Gasteiger partial charge in [0.2, 0.25) is 5.91 Å². The quantitative estimate of drug-likeness (QED) is 0.766. The first-order valence-corrected chi connectivity index (χ1v) is 6.92. The Balaban J connectivity index is 2.54. The number of benzene rings is 1. The summed E-state index contributed by atoms with van der Waals surface area (Å²) in [4.78, 5) is 11.9. The van der Waals surface area contributed by atoms with Crippen molar-refractivity contribution in [3.8, 4) is 5.75 Å². The van der Waals surface area contributed by atoms with Crippen molar-refractivity contribution in [1.82, 2.24) is 5.32 Å². The number of carbonyl (C=O) groups is 1. The van der Waals surface area contributed by atoms with Gasteiger partial charge in [-0.05, 0) is 24.1 Å². The maximum atomic E-state index is 13.5. The third kappa shape index (κ3) is 5.17. The molecule has 20 heavy (non-hydrogen) atoms. The zero-order valence-electron chi connectivity index (χ0n) is 12.1. The average Bonchev–Trinajstić information content (AvgIpc) is 2.43. The van der Waals surface area contributed by atoms with Crippen LogP contribution in [0, 0.1) is 5.82 Å². The van der Waals surface area contributed by atoms with Crippen LogP contribution in [0.5, 0.6) is 5.75 Å². The summed E-state index contributed by atoms with van der Waals surface area (Å²) in [5.41, 5.74) is 6.24. The third-order valence-electron chi connectivity index (χ3n) is 3.14. The number of hydrogen-bond acceptors (Lipinski definition) is 3. The number of nitrogens with two attached hydrogens (primary N) is 1. The average molecular weight is 282 g/mol. The van der Waals surface area contributed by atoms with Crippen LogP contribution in [0.25, 0.3) is 0 Å². The molecule has 0 saturated heterocycles. The van der Waals surface area contributed by atoms with Crippen LogP contribution < -0.4 is 15.8 Å². The van der Waals surface area contributed by atoms with Crippen molar-refractivity contribution in [2.24, 2.45) is 5.73 Å². The highest BCUT2D eigenvalue weighted by Crippen LogP contribution is 2.17. The van der Waals surface area contributed by atoms with Crippen LogP contribution >= 0.6 is 0 Å². The minimum Gasteiger partial charge on any atom is -0.494 e. The van der Waals surface area contributed by atoms with Gasteiger partial charge in [-0.2, -0.15) is 0 Å². The van der Waals surface area contributed by atoms with Gasteiger partial charge in [0.15, 0.2) is 11.6 Å². The Kier molecular flexibility index (Phi) is 7.01. The number of carbonyl (C=O) groups excluding carboxylic acids is 1. The van der Waals surface area contributed by atoms with Gasteiger partial charge in [0.1, 0.15) is 0 Å². The molecule has 0 spiro atoms. The zero-order valence-corrected chi connectivity index (χ0v) is 12.1. The van der Waals surface area contributed by atoms with E-state index in [1.165, 1.54) is 19.2 Å². The van der Waals surface area contributed by atoms with Crippen LogP contribution in [0.2, 0.25) is 0 Å². The number of halogens is 1. The molecular formula is C15H23FN2O2. The fourth-order valence-corrected chi connectivity index (χ4v) is 1.98. The molecule has 1 atom stereocenters. The maximum Gasteiger partial charge on any atom is 0.224 e. The van der Waals surface area contributed by atoms with Crippen molar-refractivity contribution in [2.45, 2.75) is 38.6 Å². The number of hydrogen-bond donors (Lipinski definition) is 2. The molecule has 0 aliphatic carbocycles. The topological polar surface area (TPSA) is 64.3 Å². The fourth-order valence-electron chi connectivity index (χ4n) is 1.98. The van der Waals surface area contributed by atoms with Gasteiger partial charge in [-0.1, -0.05) is 25.8 Å². The van der Waals surface area contributed by atoms with E-state index >= 15 is 0 Å². The number of rotatable bonds is 8. The number of ether oxygens (including phenoxy) is 1. The van der Waals surface area contributed by atoms with E-state index < -0.39 is 5.82 Å². The largest absolute Gasteiger partial charge is 0.494 e. The second-order valence-corrected chi connectivity index (χ2v) is 4.79. The van der Waals surface area contributed by atoms with Gasteiger partial charge >= 0.3 is 0 Å². The molecule has 0 aliphatic rings. The van der Waals surface area contributed by atoms with E-state index in [-0.39, 0.29) is 24.1 Å². The first-order chi connectivity index (χ1) is 9.60. The smallest absolute Gasteiger partial charge is 0.224 e. The normalized spacial score (nSPS) is 12.0. The summed E-state index contributed by atoms with van der Waals surface area (Å²) >= 11 is 0. The van der Waals surface area contributed by atoms with Crippen molar-refractivity contribution >= 4 is 5.91 Å². The molecule has 0 fully saturated rings. The molecule has 1 amide bonds. The first-order valence-electron chi connectivity index (χ1n) is 6.92. The van der Waals surface area contributed by atoms with Gasteiger partial charge in [-0.3, -0.25) is 4.79 Å². The lowest BCUT2D eigenvalue weighted by Gasteiger charge is -2.16. The van der Waals surface area contributed by atoms with Crippen molar-refractivity contribution in [1.29, 1.82) is 0 Å². The molecule has 4 nitrogen and oxygen atoms in total. The number of unbranched alkanes of at least 4 members (excludes halogenated alkanes) is 1. The van der Waals surface area contributed by atoms with E-state index in [9.17, 15) is 9.18 Å². The molecule has 0 radical (unpaired) electrons. The maximum absolute atomic E-state index is 13.5. The number of nitrogens with one attached hydrogen (secondary N) is 1. The molecule has 0 aliphatic heterocycles. The van der Waals surface area contributed by atoms with Gasteiger partial charge in [0, 0.05) is 12.6 Å². The first kappa shape index (κ1) is 16.4. The second-order valence-electron chi connectivity index (χ2n) is 4.79. The summed E-state index contributed by atoms with van der Waals surface area (Å²) in [6.07, 6.45) is 3.11.